The van der Waals surface area contributed by atoms with Gasteiger partial charge >= 0.3 is 0 Å². The highest BCUT2D eigenvalue weighted by Crippen LogP contribution is 2.13. The lowest BCUT2D eigenvalue weighted by atomic mass is 10.0. The number of likely N-dealkylation sites (N-methyl/N-ethyl adjacent to an activating group) is 1. The smallest absolute Gasteiger partial charge is 0.122 e. The van der Waals surface area contributed by atoms with Crippen LogP contribution < -0.4 is 5.73 Å². The maximum atomic E-state index is 5.95. The van der Waals surface area contributed by atoms with E-state index in [4.69, 9.17) is 5.73 Å². The molecule has 0 spiro atoms. The van der Waals surface area contributed by atoms with Crippen molar-refractivity contribution in [3.05, 3.63) is 18.2 Å². The van der Waals surface area contributed by atoms with Crippen molar-refractivity contribution in [2.45, 2.75) is 70.9 Å². The van der Waals surface area contributed by atoms with Gasteiger partial charge in [0.25, 0.3) is 0 Å². The van der Waals surface area contributed by atoms with Crippen molar-refractivity contribution < 1.29 is 0 Å². The third-order valence-corrected chi connectivity index (χ3v) is 4.35. The summed E-state index contributed by atoms with van der Waals surface area (Å²) in [5, 5.41) is 0. The molecule has 1 aromatic rings. The molecule has 2 N–H and O–H groups in total. The first-order valence-electron chi connectivity index (χ1n) is 8.55. The summed E-state index contributed by atoms with van der Waals surface area (Å²) in [7, 11) is 4.21. The van der Waals surface area contributed by atoms with Gasteiger partial charge < -0.3 is 10.3 Å². The van der Waals surface area contributed by atoms with Gasteiger partial charge in [0, 0.05) is 32.0 Å². The van der Waals surface area contributed by atoms with E-state index in [2.05, 4.69) is 28.4 Å². The van der Waals surface area contributed by atoms with E-state index in [1.807, 2.05) is 19.4 Å². The number of hydrogen-bond acceptors (Lipinski definition) is 3. The van der Waals surface area contributed by atoms with Crippen molar-refractivity contribution in [1.82, 2.24) is 14.5 Å². The Labute approximate surface area is 130 Å². The van der Waals surface area contributed by atoms with E-state index in [1.54, 1.807) is 0 Å². The van der Waals surface area contributed by atoms with Gasteiger partial charge in [0.05, 0.1) is 6.54 Å². The van der Waals surface area contributed by atoms with Crippen molar-refractivity contribution in [3.63, 3.8) is 0 Å². The molecular formula is C17H34N4. The van der Waals surface area contributed by atoms with Gasteiger partial charge in [-0.25, -0.2) is 4.98 Å². The Hall–Kier alpha value is -0.870. The molecule has 1 unspecified atom stereocenters. The highest BCUT2D eigenvalue weighted by atomic mass is 15.2. The maximum absolute atomic E-state index is 5.95. The zero-order valence-electron chi connectivity index (χ0n) is 14.2. The van der Waals surface area contributed by atoms with Crippen LogP contribution in [0.3, 0.4) is 0 Å². The third-order valence-electron chi connectivity index (χ3n) is 4.35. The van der Waals surface area contributed by atoms with E-state index in [0.29, 0.717) is 6.04 Å². The van der Waals surface area contributed by atoms with Crippen molar-refractivity contribution >= 4 is 0 Å². The topological polar surface area (TPSA) is 47.1 Å². The van der Waals surface area contributed by atoms with Gasteiger partial charge in [0.2, 0.25) is 0 Å². The molecule has 122 valence electrons. The number of nitrogens with two attached hydrogens (primary N) is 1. The maximum Gasteiger partial charge on any atom is 0.122 e. The summed E-state index contributed by atoms with van der Waals surface area (Å²) in [6.45, 7) is 3.88. The molecule has 0 aliphatic rings. The standard InChI is InChI=1S/C17H34N4/c1-4-5-6-7-8-9-10-11-16(14-18)21(3)15-17-19-12-13-20(17)2/h12-13,16H,4-11,14-15,18H2,1-3H3. The minimum Gasteiger partial charge on any atom is -0.337 e. The number of aryl methyl sites for hydroxylation is 1. The van der Waals surface area contributed by atoms with E-state index >= 15 is 0 Å². The number of rotatable bonds is 12. The van der Waals surface area contributed by atoms with E-state index in [-0.39, 0.29) is 0 Å². The van der Waals surface area contributed by atoms with E-state index in [0.717, 1.165) is 18.9 Å². The van der Waals surface area contributed by atoms with Gasteiger partial charge in [-0.3, -0.25) is 4.90 Å². The predicted octanol–water partition coefficient (Wildman–Crippen LogP) is 3.32. The Morgan fingerprint density at radius 1 is 1.19 bits per heavy atom. The minimum absolute atomic E-state index is 0.470. The van der Waals surface area contributed by atoms with Crippen molar-refractivity contribution in [3.8, 4) is 0 Å². The van der Waals surface area contributed by atoms with E-state index < -0.39 is 0 Å². The van der Waals surface area contributed by atoms with Crippen molar-refractivity contribution in [1.29, 1.82) is 0 Å². The lowest BCUT2D eigenvalue weighted by molar-refractivity contribution is 0.216. The SMILES string of the molecule is CCCCCCCCCC(CN)N(C)Cc1nccn1C. The molecule has 4 nitrogen and oxygen atoms in total. The van der Waals surface area contributed by atoms with Gasteiger partial charge in [-0.2, -0.15) is 0 Å². The van der Waals surface area contributed by atoms with Gasteiger partial charge in [0.15, 0.2) is 0 Å². The molecule has 0 bridgehead atoms. The van der Waals surface area contributed by atoms with Crippen molar-refractivity contribution in [2.75, 3.05) is 13.6 Å². The number of unbranched alkanes of at least 4 members (excludes halogenated alkanes) is 6. The van der Waals surface area contributed by atoms with Crippen LogP contribution in [0, 0.1) is 0 Å². The summed E-state index contributed by atoms with van der Waals surface area (Å²) in [5.41, 5.74) is 5.95. The Morgan fingerprint density at radius 3 is 2.43 bits per heavy atom. The Kier molecular flexibility index (Phi) is 9.35. The molecule has 1 heterocycles. The first-order valence-corrected chi connectivity index (χ1v) is 8.55. The predicted molar refractivity (Wildman–Crippen MR) is 90.1 cm³/mol. The zero-order valence-corrected chi connectivity index (χ0v) is 14.2. The number of imidazole rings is 1. The van der Waals surface area contributed by atoms with Crippen molar-refractivity contribution in [2.24, 2.45) is 12.8 Å². The fourth-order valence-electron chi connectivity index (χ4n) is 2.76. The van der Waals surface area contributed by atoms with Gasteiger partial charge in [-0.05, 0) is 13.5 Å². The average Bonchev–Trinajstić information content (AvgIpc) is 2.87. The Balaban J connectivity index is 2.19. The molecule has 0 saturated carbocycles. The molecule has 0 radical (unpaired) electrons. The molecule has 0 amide bonds. The van der Waals surface area contributed by atoms with Crippen LogP contribution in [0.15, 0.2) is 12.4 Å². The van der Waals surface area contributed by atoms with Gasteiger partial charge in [0.1, 0.15) is 5.82 Å². The van der Waals surface area contributed by atoms with Crippen LogP contribution >= 0.6 is 0 Å². The molecular weight excluding hydrogens is 260 g/mol. The van der Waals surface area contributed by atoms with Crippen LogP contribution in [0.1, 0.15) is 64.1 Å². The highest BCUT2D eigenvalue weighted by molar-refractivity contribution is 4.91. The summed E-state index contributed by atoms with van der Waals surface area (Å²) >= 11 is 0. The summed E-state index contributed by atoms with van der Waals surface area (Å²) in [6.07, 6.45) is 14.6. The fourth-order valence-corrected chi connectivity index (χ4v) is 2.76. The van der Waals surface area contributed by atoms with Gasteiger partial charge in [-0.15, -0.1) is 0 Å². The molecule has 1 rings (SSSR count). The molecule has 1 aromatic heterocycles. The molecule has 21 heavy (non-hydrogen) atoms. The van der Waals surface area contributed by atoms with Crippen LogP contribution in [0.2, 0.25) is 0 Å². The fraction of sp³-hybridized carbons (Fsp3) is 0.824. The quantitative estimate of drug-likeness (QED) is 0.602. The lowest BCUT2D eigenvalue weighted by Gasteiger charge is -2.26. The van der Waals surface area contributed by atoms with E-state index in [1.165, 1.54) is 51.4 Å². The molecule has 0 saturated heterocycles. The normalized spacial score (nSPS) is 13.0. The van der Waals surface area contributed by atoms with Crippen LogP contribution in [0.5, 0.6) is 0 Å². The second-order valence-corrected chi connectivity index (χ2v) is 6.17. The van der Waals surface area contributed by atoms with Crippen LogP contribution in [0.25, 0.3) is 0 Å². The summed E-state index contributed by atoms with van der Waals surface area (Å²) in [4.78, 5) is 6.74. The Bertz CT molecular complexity index is 361. The molecule has 0 aliphatic heterocycles. The largest absolute Gasteiger partial charge is 0.337 e. The van der Waals surface area contributed by atoms with Crippen LogP contribution in [-0.4, -0.2) is 34.1 Å². The highest BCUT2D eigenvalue weighted by Gasteiger charge is 2.14. The summed E-state index contributed by atoms with van der Waals surface area (Å²) in [6, 6.07) is 0.470. The van der Waals surface area contributed by atoms with E-state index in [9.17, 15) is 0 Å². The monoisotopic (exact) mass is 294 g/mol. The number of hydrogen-bond donors (Lipinski definition) is 1. The Morgan fingerprint density at radius 2 is 1.86 bits per heavy atom. The summed E-state index contributed by atoms with van der Waals surface area (Å²) in [5.74, 6) is 1.11. The van der Waals surface area contributed by atoms with Crippen LogP contribution in [-0.2, 0) is 13.6 Å². The minimum atomic E-state index is 0.470. The zero-order chi connectivity index (χ0) is 15.5. The first kappa shape index (κ1) is 18.2. The molecule has 1 atom stereocenters. The second-order valence-electron chi connectivity index (χ2n) is 6.17. The van der Waals surface area contributed by atoms with Crippen LogP contribution in [0.4, 0.5) is 0 Å². The molecule has 0 fully saturated rings. The first-order chi connectivity index (χ1) is 10.2. The summed E-state index contributed by atoms with van der Waals surface area (Å²) < 4.78 is 2.08. The average molecular weight is 294 g/mol. The molecule has 0 aliphatic carbocycles. The lowest BCUT2D eigenvalue weighted by Crippen LogP contribution is -2.38. The molecule has 0 aromatic carbocycles. The second kappa shape index (κ2) is 10.8. The van der Waals surface area contributed by atoms with Gasteiger partial charge in [-0.1, -0.05) is 51.9 Å². The number of nitrogens with zero attached hydrogens (tertiary/aromatic N) is 3. The molecule has 4 heteroatoms. The third kappa shape index (κ3) is 7.09. The number of aromatic nitrogens is 2.